The molecule has 0 aliphatic heterocycles. The van der Waals surface area contributed by atoms with E-state index in [0.29, 0.717) is 23.7 Å². The standard InChI is InChI=1S/C14H15N3O5/c15-7-3-4-8-22-14-11-6-2-1-5-10(11)12(16(18)19)9-13(14)17(20)21/h1-2,5-6,9H,3-4,7-8,15H2. The summed E-state index contributed by atoms with van der Waals surface area (Å²) in [6, 6.07) is 7.36. The summed E-state index contributed by atoms with van der Waals surface area (Å²) < 4.78 is 5.53. The highest BCUT2D eigenvalue weighted by molar-refractivity contribution is 5.98. The molecular weight excluding hydrogens is 290 g/mol. The molecule has 8 nitrogen and oxygen atoms in total. The van der Waals surface area contributed by atoms with Crippen molar-refractivity contribution in [2.24, 2.45) is 5.73 Å². The minimum atomic E-state index is -0.669. The van der Waals surface area contributed by atoms with E-state index in [0.717, 1.165) is 12.5 Å². The second kappa shape index (κ2) is 6.81. The molecule has 0 saturated carbocycles. The average Bonchev–Trinajstić information content (AvgIpc) is 2.50. The van der Waals surface area contributed by atoms with E-state index in [9.17, 15) is 20.2 Å². The molecule has 2 aromatic carbocycles. The van der Waals surface area contributed by atoms with E-state index in [2.05, 4.69) is 0 Å². The van der Waals surface area contributed by atoms with Gasteiger partial charge in [0.05, 0.1) is 27.9 Å². The van der Waals surface area contributed by atoms with Gasteiger partial charge in [-0.15, -0.1) is 0 Å². The van der Waals surface area contributed by atoms with Crippen LogP contribution < -0.4 is 10.5 Å². The topological polar surface area (TPSA) is 122 Å². The molecule has 0 heterocycles. The molecule has 0 unspecified atom stereocenters. The fourth-order valence-electron chi connectivity index (χ4n) is 2.17. The van der Waals surface area contributed by atoms with Crippen LogP contribution in [-0.4, -0.2) is 23.0 Å². The summed E-state index contributed by atoms with van der Waals surface area (Å²) in [7, 11) is 0. The van der Waals surface area contributed by atoms with Gasteiger partial charge in [0, 0.05) is 5.39 Å². The number of fused-ring (bicyclic) bond motifs is 1. The van der Waals surface area contributed by atoms with Gasteiger partial charge >= 0.3 is 5.69 Å². The van der Waals surface area contributed by atoms with E-state index in [-0.39, 0.29) is 18.0 Å². The number of hydrogen-bond acceptors (Lipinski definition) is 6. The first kappa shape index (κ1) is 15.6. The van der Waals surface area contributed by atoms with E-state index in [1.165, 1.54) is 0 Å². The van der Waals surface area contributed by atoms with Crippen LogP contribution in [0.4, 0.5) is 11.4 Å². The molecule has 116 valence electrons. The Balaban J connectivity index is 2.56. The summed E-state index contributed by atoms with van der Waals surface area (Å²) in [5.74, 6) is 0.0585. The average molecular weight is 305 g/mol. The summed E-state index contributed by atoms with van der Waals surface area (Å²) in [5.41, 5.74) is 4.68. The first-order valence-corrected chi connectivity index (χ1v) is 6.73. The van der Waals surface area contributed by atoms with Gasteiger partial charge < -0.3 is 10.5 Å². The van der Waals surface area contributed by atoms with Crippen molar-refractivity contribution in [3.63, 3.8) is 0 Å². The third-order valence-corrected chi connectivity index (χ3v) is 3.19. The number of non-ortho nitro benzene ring substituents is 1. The molecule has 0 atom stereocenters. The Bertz CT molecular complexity index is 717. The molecular formula is C14H15N3O5. The van der Waals surface area contributed by atoms with Crippen molar-refractivity contribution in [2.75, 3.05) is 13.2 Å². The van der Waals surface area contributed by atoms with E-state index in [1.807, 2.05) is 0 Å². The maximum Gasteiger partial charge on any atom is 0.318 e. The highest BCUT2D eigenvalue weighted by Gasteiger charge is 2.26. The summed E-state index contributed by atoms with van der Waals surface area (Å²) in [5, 5.41) is 23.0. The zero-order valence-corrected chi connectivity index (χ0v) is 11.7. The molecule has 2 rings (SSSR count). The minimum absolute atomic E-state index is 0.0585. The van der Waals surface area contributed by atoms with Gasteiger partial charge in [0.25, 0.3) is 5.69 Å². The Kier molecular flexibility index (Phi) is 4.84. The van der Waals surface area contributed by atoms with Crippen LogP contribution in [0.5, 0.6) is 5.75 Å². The molecule has 0 saturated heterocycles. The van der Waals surface area contributed by atoms with Crippen molar-refractivity contribution < 1.29 is 14.6 Å². The smallest absolute Gasteiger partial charge is 0.318 e. The Hall–Kier alpha value is -2.74. The van der Waals surface area contributed by atoms with Crippen molar-refractivity contribution in [3.05, 3.63) is 50.6 Å². The minimum Gasteiger partial charge on any atom is -0.486 e. The Morgan fingerprint density at radius 3 is 2.23 bits per heavy atom. The maximum absolute atomic E-state index is 11.2. The number of nitro benzene ring substituents is 2. The van der Waals surface area contributed by atoms with Gasteiger partial charge in [0.15, 0.2) is 0 Å². The summed E-state index contributed by atoms with van der Waals surface area (Å²) in [4.78, 5) is 21.0. The maximum atomic E-state index is 11.2. The van der Waals surface area contributed by atoms with Gasteiger partial charge in [-0.25, -0.2) is 0 Å². The van der Waals surface area contributed by atoms with Crippen LogP contribution in [0.15, 0.2) is 30.3 Å². The summed E-state index contributed by atoms with van der Waals surface area (Å²) in [6.07, 6.45) is 1.39. The molecule has 0 radical (unpaired) electrons. The number of hydrogen-bond donors (Lipinski definition) is 1. The molecule has 22 heavy (non-hydrogen) atoms. The SMILES string of the molecule is NCCCCOc1c([N+](=O)[O-])cc([N+](=O)[O-])c2ccccc12. The van der Waals surface area contributed by atoms with Crippen molar-refractivity contribution in [2.45, 2.75) is 12.8 Å². The Labute approximate surface area is 125 Å². The highest BCUT2D eigenvalue weighted by Crippen LogP contribution is 2.40. The van der Waals surface area contributed by atoms with Gasteiger partial charge in [-0.3, -0.25) is 20.2 Å². The van der Waals surface area contributed by atoms with E-state index in [4.69, 9.17) is 10.5 Å². The van der Waals surface area contributed by atoms with E-state index < -0.39 is 15.5 Å². The van der Waals surface area contributed by atoms with Gasteiger partial charge in [0.1, 0.15) is 0 Å². The largest absolute Gasteiger partial charge is 0.486 e. The van der Waals surface area contributed by atoms with Crippen LogP contribution in [0.3, 0.4) is 0 Å². The zero-order chi connectivity index (χ0) is 16.1. The fraction of sp³-hybridized carbons (Fsp3) is 0.286. The predicted molar refractivity (Wildman–Crippen MR) is 81.0 cm³/mol. The third-order valence-electron chi connectivity index (χ3n) is 3.19. The number of rotatable bonds is 7. The van der Waals surface area contributed by atoms with E-state index >= 15 is 0 Å². The van der Waals surface area contributed by atoms with E-state index in [1.54, 1.807) is 24.3 Å². The van der Waals surface area contributed by atoms with Gasteiger partial charge in [-0.05, 0) is 25.5 Å². The monoisotopic (exact) mass is 305 g/mol. The van der Waals surface area contributed by atoms with Crippen molar-refractivity contribution in [1.29, 1.82) is 0 Å². The third kappa shape index (κ3) is 3.12. The van der Waals surface area contributed by atoms with Crippen LogP contribution in [0.2, 0.25) is 0 Å². The predicted octanol–water partition coefficient (Wildman–Crippen LogP) is 2.77. The van der Waals surface area contributed by atoms with Crippen molar-refractivity contribution in [1.82, 2.24) is 0 Å². The number of nitrogens with zero attached hydrogens (tertiary/aromatic N) is 2. The molecule has 0 amide bonds. The fourth-order valence-corrected chi connectivity index (χ4v) is 2.17. The molecule has 2 N–H and O–H groups in total. The van der Waals surface area contributed by atoms with Crippen LogP contribution in [0, 0.1) is 20.2 Å². The molecule has 0 spiro atoms. The number of ether oxygens (including phenoxy) is 1. The van der Waals surface area contributed by atoms with Gasteiger partial charge in [-0.1, -0.05) is 18.2 Å². The van der Waals surface area contributed by atoms with Crippen LogP contribution in [0.25, 0.3) is 10.8 Å². The second-order valence-corrected chi connectivity index (χ2v) is 4.65. The Morgan fingerprint density at radius 2 is 1.64 bits per heavy atom. The molecule has 0 aliphatic carbocycles. The van der Waals surface area contributed by atoms with Crippen molar-refractivity contribution >= 4 is 22.1 Å². The lowest BCUT2D eigenvalue weighted by atomic mass is 10.1. The quantitative estimate of drug-likeness (QED) is 0.477. The summed E-state index contributed by atoms with van der Waals surface area (Å²) in [6.45, 7) is 0.770. The normalized spacial score (nSPS) is 10.6. The molecule has 0 aromatic heterocycles. The summed E-state index contributed by atoms with van der Waals surface area (Å²) >= 11 is 0. The first-order chi connectivity index (χ1) is 10.6. The van der Waals surface area contributed by atoms with Gasteiger partial charge in [0.2, 0.25) is 5.75 Å². The van der Waals surface area contributed by atoms with Crippen LogP contribution in [-0.2, 0) is 0 Å². The lowest BCUT2D eigenvalue weighted by Crippen LogP contribution is -2.05. The highest BCUT2D eigenvalue weighted by atomic mass is 16.6. The molecule has 0 aliphatic rings. The number of nitro groups is 2. The number of unbranched alkanes of at least 4 members (excludes halogenated alkanes) is 1. The number of nitrogens with two attached hydrogens (primary N) is 1. The lowest BCUT2D eigenvalue weighted by molar-refractivity contribution is -0.393. The van der Waals surface area contributed by atoms with Crippen molar-refractivity contribution in [3.8, 4) is 5.75 Å². The first-order valence-electron chi connectivity index (χ1n) is 6.73. The molecule has 0 fully saturated rings. The lowest BCUT2D eigenvalue weighted by Gasteiger charge is -2.10. The molecule has 0 bridgehead atoms. The molecule has 8 heteroatoms. The van der Waals surface area contributed by atoms with Crippen LogP contribution >= 0.6 is 0 Å². The molecule has 2 aromatic rings. The van der Waals surface area contributed by atoms with Gasteiger partial charge in [-0.2, -0.15) is 0 Å². The Morgan fingerprint density at radius 1 is 1.00 bits per heavy atom. The number of benzene rings is 2. The zero-order valence-electron chi connectivity index (χ0n) is 11.7. The van der Waals surface area contributed by atoms with Crippen LogP contribution in [0.1, 0.15) is 12.8 Å². The second-order valence-electron chi connectivity index (χ2n) is 4.65.